The number of halogens is 1. The number of ether oxygens (including phenoxy) is 1. The molecule has 0 heterocycles. The van der Waals surface area contributed by atoms with E-state index in [1.807, 2.05) is 6.08 Å². The third kappa shape index (κ3) is 3.78. The van der Waals surface area contributed by atoms with Crippen LogP contribution < -0.4 is 0 Å². The summed E-state index contributed by atoms with van der Waals surface area (Å²) in [7, 11) is 0. The van der Waals surface area contributed by atoms with E-state index in [4.69, 9.17) is 4.74 Å². The summed E-state index contributed by atoms with van der Waals surface area (Å²) in [5.74, 6) is 0.666. The minimum Gasteiger partial charge on any atom is -0.365 e. The molecule has 3 fully saturated rings. The predicted octanol–water partition coefficient (Wildman–Crippen LogP) is 7.15. The van der Waals surface area contributed by atoms with Gasteiger partial charge in [0.15, 0.2) is 5.79 Å². The molecule has 7 unspecified atom stereocenters. The molecule has 3 nitrogen and oxygen atoms in total. The number of hydrogen-bond acceptors (Lipinski definition) is 3. The van der Waals surface area contributed by atoms with Gasteiger partial charge in [0, 0.05) is 18.3 Å². The van der Waals surface area contributed by atoms with Crippen LogP contribution >= 0.6 is 0 Å². The maximum Gasteiger partial charge on any atom is 0.169 e. The van der Waals surface area contributed by atoms with E-state index in [9.17, 15) is 14.3 Å². The number of carbonyl (C=O) groups excluding carboxylic acids is 1. The molecule has 0 bridgehead atoms. The molecule has 0 aliphatic heterocycles. The number of benzene rings is 1. The van der Waals surface area contributed by atoms with Crippen molar-refractivity contribution in [2.45, 2.75) is 91.0 Å². The molecule has 35 heavy (non-hydrogen) atoms. The van der Waals surface area contributed by atoms with E-state index in [-0.39, 0.29) is 28.7 Å². The Morgan fingerprint density at radius 1 is 1.14 bits per heavy atom. The van der Waals surface area contributed by atoms with E-state index in [1.54, 1.807) is 19.1 Å². The molecule has 0 saturated heterocycles. The Morgan fingerprint density at radius 3 is 2.54 bits per heavy atom. The molecule has 7 atom stereocenters. The second-order valence-corrected chi connectivity index (χ2v) is 12.4. The molecule has 4 heteroatoms. The molecule has 0 spiro atoms. The van der Waals surface area contributed by atoms with Crippen molar-refractivity contribution in [3.63, 3.8) is 0 Å². The maximum absolute atomic E-state index is 13.2. The van der Waals surface area contributed by atoms with Crippen LogP contribution in [-0.4, -0.2) is 16.7 Å². The fraction of sp³-hybridized carbons (Fsp3) is 0.645. The first-order chi connectivity index (χ1) is 16.6. The molecule has 0 amide bonds. The van der Waals surface area contributed by atoms with Crippen LogP contribution in [-0.2, 0) is 16.1 Å². The lowest BCUT2D eigenvalue weighted by atomic mass is 9.45. The van der Waals surface area contributed by atoms with E-state index < -0.39 is 5.79 Å². The fourth-order valence-corrected chi connectivity index (χ4v) is 8.98. The van der Waals surface area contributed by atoms with E-state index in [1.165, 1.54) is 17.7 Å². The van der Waals surface area contributed by atoms with Crippen molar-refractivity contribution in [2.75, 3.05) is 0 Å². The summed E-state index contributed by atoms with van der Waals surface area (Å²) in [6.07, 6.45) is 12.6. The van der Waals surface area contributed by atoms with Crippen molar-refractivity contribution in [3.8, 4) is 0 Å². The number of allylic oxidation sites excluding steroid dienone is 2. The van der Waals surface area contributed by atoms with Crippen molar-refractivity contribution >= 4 is 5.78 Å². The van der Waals surface area contributed by atoms with Crippen LogP contribution in [0.5, 0.6) is 0 Å². The van der Waals surface area contributed by atoms with Crippen LogP contribution in [0.3, 0.4) is 0 Å². The lowest BCUT2D eigenvalue weighted by Crippen LogP contribution is -2.55. The van der Waals surface area contributed by atoms with E-state index in [2.05, 4.69) is 26.5 Å². The third-order valence-electron chi connectivity index (χ3n) is 11.1. The van der Waals surface area contributed by atoms with Gasteiger partial charge in [-0.1, -0.05) is 43.7 Å². The number of rotatable bonds is 6. The highest BCUT2D eigenvalue weighted by atomic mass is 19.1. The summed E-state index contributed by atoms with van der Waals surface area (Å²) >= 11 is 0. The molecule has 1 N–H and O–H groups in total. The maximum atomic E-state index is 13.2. The Balaban J connectivity index is 1.35. The van der Waals surface area contributed by atoms with Crippen LogP contribution in [0.2, 0.25) is 0 Å². The Morgan fingerprint density at radius 2 is 1.86 bits per heavy atom. The van der Waals surface area contributed by atoms with Gasteiger partial charge in [0.25, 0.3) is 0 Å². The molecule has 0 radical (unpaired) electrons. The topological polar surface area (TPSA) is 46.5 Å². The number of hydrogen-bond donors (Lipinski definition) is 1. The SMILES string of the molecule is C=CCC1(C(C)=O)CCC2C3CC=C4CC(O)(OCc5ccc(F)cc5)CCC4(C)C3CCC21C. The highest BCUT2D eigenvalue weighted by Gasteiger charge is 2.65. The van der Waals surface area contributed by atoms with E-state index in [0.717, 1.165) is 50.5 Å². The van der Waals surface area contributed by atoms with Gasteiger partial charge in [0.05, 0.1) is 6.61 Å². The van der Waals surface area contributed by atoms with Gasteiger partial charge in [-0.15, -0.1) is 6.58 Å². The number of ketones is 1. The molecule has 0 aromatic heterocycles. The zero-order valence-corrected chi connectivity index (χ0v) is 21.6. The molecule has 4 aliphatic rings. The highest BCUT2D eigenvalue weighted by Crippen LogP contribution is 2.70. The standard InChI is InChI=1S/C31H41FO3/c1-5-14-30(21(2)33)16-13-27-25-11-8-23-19-31(34,35-20-22-6-9-24(32)10-7-22)18-17-28(23,3)26(25)12-15-29(27,30)4/h5-10,25-27,34H,1,11-20H2,2-4H3. The normalized spacial score (nSPS) is 42.4. The monoisotopic (exact) mass is 480 g/mol. The molecular weight excluding hydrogens is 439 g/mol. The lowest BCUT2D eigenvalue weighted by molar-refractivity contribution is -0.231. The van der Waals surface area contributed by atoms with Crippen molar-refractivity contribution < 1.29 is 19.0 Å². The molecular formula is C31H41FO3. The summed E-state index contributed by atoms with van der Waals surface area (Å²) in [5, 5.41) is 11.3. The van der Waals surface area contributed by atoms with Gasteiger partial charge in [-0.2, -0.15) is 0 Å². The zero-order valence-electron chi connectivity index (χ0n) is 21.6. The van der Waals surface area contributed by atoms with Gasteiger partial charge in [0.2, 0.25) is 0 Å². The van der Waals surface area contributed by atoms with Gasteiger partial charge in [-0.25, -0.2) is 4.39 Å². The van der Waals surface area contributed by atoms with E-state index >= 15 is 0 Å². The minimum absolute atomic E-state index is 0.0452. The van der Waals surface area contributed by atoms with Crippen LogP contribution in [0.15, 0.2) is 48.6 Å². The minimum atomic E-state index is -1.17. The predicted molar refractivity (Wildman–Crippen MR) is 136 cm³/mol. The fourth-order valence-electron chi connectivity index (χ4n) is 8.98. The highest BCUT2D eigenvalue weighted by molar-refractivity contribution is 5.84. The number of carbonyl (C=O) groups is 1. The molecule has 3 saturated carbocycles. The first-order valence-corrected chi connectivity index (χ1v) is 13.5. The van der Waals surface area contributed by atoms with Crippen LogP contribution in [0.25, 0.3) is 0 Å². The Labute approximate surface area is 209 Å². The van der Waals surface area contributed by atoms with E-state index in [0.29, 0.717) is 36.4 Å². The summed E-state index contributed by atoms with van der Waals surface area (Å²) < 4.78 is 19.3. The van der Waals surface area contributed by atoms with Crippen molar-refractivity contribution in [1.29, 1.82) is 0 Å². The first-order valence-electron chi connectivity index (χ1n) is 13.5. The third-order valence-corrected chi connectivity index (χ3v) is 11.1. The van der Waals surface area contributed by atoms with Crippen molar-refractivity contribution in [2.24, 2.45) is 34.0 Å². The average molecular weight is 481 g/mol. The zero-order chi connectivity index (χ0) is 25.1. The Hall–Kier alpha value is -1.78. The molecule has 1 aromatic carbocycles. The van der Waals surface area contributed by atoms with Crippen LogP contribution in [0.4, 0.5) is 4.39 Å². The second kappa shape index (κ2) is 8.66. The van der Waals surface area contributed by atoms with Gasteiger partial charge >= 0.3 is 0 Å². The molecule has 190 valence electrons. The van der Waals surface area contributed by atoms with Gasteiger partial charge in [-0.3, -0.25) is 4.79 Å². The Bertz CT molecular complexity index is 1030. The first kappa shape index (κ1) is 24.9. The quantitative estimate of drug-likeness (QED) is 0.347. The summed E-state index contributed by atoms with van der Waals surface area (Å²) in [6, 6.07) is 6.29. The summed E-state index contributed by atoms with van der Waals surface area (Å²) in [6.45, 7) is 10.9. The average Bonchev–Trinajstić information content (AvgIpc) is 3.13. The van der Waals surface area contributed by atoms with Crippen LogP contribution in [0, 0.1) is 39.8 Å². The Kier molecular flexibility index (Phi) is 6.16. The number of fused-ring (bicyclic) bond motifs is 5. The molecule has 5 rings (SSSR count). The molecule has 4 aliphatic carbocycles. The second-order valence-electron chi connectivity index (χ2n) is 12.4. The summed E-state index contributed by atoms with van der Waals surface area (Å²) in [4.78, 5) is 13.0. The largest absolute Gasteiger partial charge is 0.365 e. The van der Waals surface area contributed by atoms with Gasteiger partial charge < -0.3 is 9.84 Å². The summed E-state index contributed by atoms with van der Waals surface area (Å²) in [5.41, 5.74) is 2.08. The lowest BCUT2D eigenvalue weighted by Gasteiger charge is -2.60. The smallest absolute Gasteiger partial charge is 0.169 e. The number of aliphatic hydroxyl groups is 1. The van der Waals surface area contributed by atoms with Crippen molar-refractivity contribution in [1.82, 2.24) is 0 Å². The van der Waals surface area contributed by atoms with Crippen molar-refractivity contribution in [3.05, 3.63) is 60.0 Å². The number of Topliss-reactive ketones (excluding diaryl/α,β-unsaturated/α-hetero) is 1. The van der Waals surface area contributed by atoms with Gasteiger partial charge in [-0.05, 0) is 98.1 Å². The van der Waals surface area contributed by atoms with Crippen LogP contribution in [0.1, 0.15) is 84.1 Å². The molecule has 1 aromatic rings. The van der Waals surface area contributed by atoms with Gasteiger partial charge in [0.1, 0.15) is 11.6 Å².